The van der Waals surface area contributed by atoms with Gasteiger partial charge in [0, 0.05) is 18.5 Å². The molecule has 0 aliphatic carbocycles. The topological polar surface area (TPSA) is 83.9 Å². The lowest BCUT2D eigenvalue weighted by molar-refractivity contribution is 0.0692. The van der Waals surface area contributed by atoms with Crippen LogP contribution in [0.4, 0.5) is 0 Å². The number of aromatic carboxylic acids is 1. The third-order valence-electron chi connectivity index (χ3n) is 4.65. The molecule has 1 aliphatic rings. The van der Waals surface area contributed by atoms with E-state index in [1.807, 2.05) is 0 Å². The summed E-state index contributed by atoms with van der Waals surface area (Å²) >= 11 is 0. The van der Waals surface area contributed by atoms with Gasteiger partial charge in [0.2, 0.25) is 10.0 Å². The number of carboxylic acid groups (broad SMARTS) is 1. The third-order valence-corrected chi connectivity index (χ3v) is 6.61. The Morgan fingerprint density at radius 2 is 1.85 bits per heavy atom. The van der Waals surface area contributed by atoms with Gasteiger partial charge in [-0.25, -0.2) is 13.2 Å². The second-order valence-electron chi connectivity index (χ2n) is 6.38. The van der Waals surface area contributed by atoms with Crippen molar-refractivity contribution in [1.82, 2.24) is 4.31 Å². The molecule has 0 atom stereocenters. The Balaban J connectivity index is 2.16. The van der Waals surface area contributed by atoms with Gasteiger partial charge in [-0.05, 0) is 43.4 Å². The first kappa shape index (κ1) is 18.7. The number of ether oxygens (including phenoxy) is 1. The molecule has 0 amide bonds. The minimum Gasteiger partial charge on any atom is -0.493 e. The quantitative estimate of drug-likeness (QED) is 0.862. The number of nitrogens with zero attached hydrogens (tertiary/aromatic N) is 1. The number of carboxylic acids is 1. The van der Waals surface area contributed by atoms with Crippen LogP contribution in [-0.4, -0.2) is 43.5 Å². The lowest BCUT2D eigenvalue weighted by atomic mass is 10.1. The minimum absolute atomic E-state index is 0.0312. The number of rotatable bonds is 5. The van der Waals surface area contributed by atoms with E-state index >= 15 is 0 Å². The molecule has 140 valence electrons. The van der Waals surface area contributed by atoms with Gasteiger partial charge in [0.1, 0.15) is 11.3 Å². The molecule has 26 heavy (non-hydrogen) atoms. The van der Waals surface area contributed by atoms with Crippen LogP contribution in [0.15, 0.2) is 35.2 Å². The molecule has 2 aromatic carbocycles. The van der Waals surface area contributed by atoms with Crippen molar-refractivity contribution >= 4 is 26.8 Å². The molecule has 1 heterocycles. The van der Waals surface area contributed by atoms with Crippen molar-refractivity contribution in [2.45, 2.75) is 37.5 Å². The van der Waals surface area contributed by atoms with E-state index in [4.69, 9.17) is 4.74 Å². The average molecular weight is 377 g/mol. The molecule has 0 radical (unpaired) electrons. The summed E-state index contributed by atoms with van der Waals surface area (Å²) in [6, 6.07) is 7.97. The monoisotopic (exact) mass is 377 g/mol. The van der Waals surface area contributed by atoms with E-state index < -0.39 is 16.0 Å². The van der Waals surface area contributed by atoms with Gasteiger partial charge in [-0.3, -0.25) is 0 Å². The average Bonchev–Trinajstić information content (AvgIpc) is 2.90. The van der Waals surface area contributed by atoms with Gasteiger partial charge in [-0.15, -0.1) is 0 Å². The van der Waals surface area contributed by atoms with Gasteiger partial charge in [0.05, 0.1) is 11.5 Å². The third kappa shape index (κ3) is 3.54. The Kier molecular flexibility index (Phi) is 5.48. The molecule has 3 rings (SSSR count). The van der Waals surface area contributed by atoms with Crippen molar-refractivity contribution in [2.75, 3.05) is 19.7 Å². The maximum absolute atomic E-state index is 13.2. The first-order valence-electron chi connectivity index (χ1n) is 8.88. The Morgan fingerprint density at radius 3 is 2.46 bits per heavy atom. The Labute approximate surface area is 153 Å². The van der Waals surface area contributed by atoms with Crippen LogP contribution in [0.25, 0.3) is 10.8 Å². The fourth-order valence-corrected chi connectivity index (χ4v) is 5.09. The van der Waals surface area contributed by atoms with Crippen molar-refractivity contribution in [3.05, 3.63) is 35.9 Å². The maximum atomic E-state index is 13.2. The summed E-state index contributed by atoms with van der Waals surface area (Å²) in [4.78, 5) is 11.7. The van der Waals surface area contributed by atoms with Gasteiger partial charge < -0.3 is 9.84 Å². The van der Waals surface area contributed by atoms with Crippen LogP contribution in [0.3, 0.4) is 0 Å². The number of fused-ring (bicyclic) bond motifs is 1. The zero-order valence-electron chi connectivity index (χ0n) is 14.8. The molecule has 7 heteroatoms. The van der Waals surface area contributed by atoms with Crippen LogP contribution < -0.4 is 4.74 Å². The van der Waals surface area contributed by atoms with Gasteiger partial charge in [0.25, 0.3) is 0 Å². The van der Waals surface area contributed by atoms with Crippen molar-refractivity contribution in [2.24, 2.45) is 0 Å². The SMILES string of the molecule is CCOc1cc2c(S(=O)(=O)N3CCCCCC3)cccc2cc1C(=O)O. The summed E-state index contributed by atoms with van der Waals surface area (Å²) in [5, 5.41) is 10.5. The lowest BCUT2D eigenvalue weighted by Crippen LogP contribution is -2.32. The predicted molar refractivity (Wildman–Crippen MR) is 99.3 cm³/mol. The number of hydrogen-bond acceptors (Lipinski definition) is 4. The van der Waals surface area contributed by atoms with E-state index in [0.717, 1.165) is 25.7 Å². The highest BCUT2D eigenvalue weighted by atomic mass is 32.2. The molecule has 2 aromatic rings. The van der Waals surface area contributed by atoms with E-state index in [1.54, 1.807) is 29.4 Å². The number of carbonyl (C=O) groups is 1. The highest BCUT2D eigenvalue weighted by molar-refractivity contribution is 7.89. The summed E-state index contributed by atoms with van der Waals surface area (Å²) < 4.78 is 33.4. The largest absolute Gasteiger partial charge is 0.493 e. The van der Waals surface area contributed by atoms with Gasteiger partial charge in [-0.2, -0.15) is 4.31 Å². The molecule has 1 aliphatic heterocycles. The van der Waals surface area contributed by atoms with Crippen LogP contribution in [0, 0.1) is 0 Å². The highest BCUT2D eigenvalue weighted by Crippen LogP contribution is 2.32. The van der Waals surface area contributed by atoms with E-state index in [2.05, 4.69) is 0 Å². The zero-order valence-corrected chi connectivity index (χ0v) is 15.6. The van der Waals surface area contributed by atoms with Gasteiger partial charge in [-0.1, -0.05) is 25.0 Å². The molecular weight excluding hydrogens is 354 g/mol. The van der Waals surface area contributed by atoms with Gasteiger partial charge in [0.15, 0.2) is 0 Å². The van der Waals surface area contributed by atoms with Crippen molar-refractivity contribution < 1.29 is 23.1 Å². The van der Waals surface area contributed by atoms with Crippen molar-refractivity contribution in [3.8, 4) is 5.75 Å². The molecule has 1 fully saturated rings. The number of sulfonamides is 1. The van der Waals surface area contributed by atoms with Crippen LogP contribution in [0.1, 0.15) is 43.0 Å². The Bertz CT molecular complexity index is 915. The van der Waals surface area contributed by atoms with Crippen LogP contribution in [-0.2, 0) is 10.0 Å². The standard InChI is InChI=1S/C19H23NO5S/c1-2-25-17-13-15-14(12-16(17)19(21)22)8-7-9-18(15)26(23,24)20-10-5-3-4-6-11-20/h7-9,12-13H,2-6,10-11H2,1H3,(H,21,22). The molecule has 1 saturated heterocycles. The maximum Gasteiger partial charge on any atom is 0.339 e. The van der Waals surface area contributed by atoms with Crippen molar-refractivity contribution in [1.29, 1.82) is 0 Å². The van der Waals surface area contributed by atoms with E-state index in [9.17, 15) is 18.3 Å². The zero-order chi connectivity index (χ0) is 18.7. The van der Waals surface area contributed by atoms with Crippen molar-refractivity contribution in [3.63, 3.8) is 0 Å². The predicted octanol–water partition coefficient (Wildman–Crippen LogP) is 3.50. The fourth-order valence-electron chi connectivity index (χ4n) is 3.36. The number of benzene rings is 2. The Hall–Kier alpha value is -2.12. The first-order valence-corrected chi connectivity index (χ1v) is 10.3. The van der Waals surface area contributed by atoms with Gasteiger partial charge >= 0.3 is 5.97 Å². The lowest BCUT2D eigenvalue weighted by Gasteiger charge is -2.21. The molecule has 6 nitrogen and oxygen atoms in total. The van der Waals surface area contributed by atoms with E-state index in [0.29, 0.717) is 30.5 Å². The molecule has 0 spiro atoms. The molecular formula is C19H23NO5S. The molecule has 0 saturated carbocycles. The first-order chi connectivity index (χ1) is 12.4. The summed E-state index contributed by atoms with van der Waals surface area (Å²) in [5.41, 5.74) is 0.0312. The van der Waals surface area contributed by atoms with Crippen LogP contribution >= 0.6 is 0 Å². The second kappa shape index (κ2) is 7.63. The molecule has 0 unspecified atom stereocenters. The summed E-state index contributed by atoms with van der Waals surface area (Å²) in [5.74, 6) is -0.915. The normalized spacial score (nSPS) is 16.3. The summed E-state index contributed by atoms with van der Waals surface area (Å²) in [6.45, 7) is 3.09. The molecule has 0 aromatic heterocycles. The highest BCUT2D eigenvalue weighted by Gasteiger charge is 2.27. The van der Waals surface area contributed by atoms with E-state index in [1.165, 1.54) is 12.1 Å². The van der Waals surface area contributed by atoms with Crippen LogP contribution in [0.2, 0.25) is 0 Å². The number of hydrogen-bond donors (Lipinski definition) is 1. The minimum atomic E-state index is -3.65. The second-order valence-corrected chi connectivity index (χ2v) is 8.29. The van der Waals surface area contributed by atoms with Crippen LogP contribution in [0.5, 0.6) is 5.75 Å². The fraction of sp³-hybridized carbons (Fsp3) is 0.421. The summed E-state index contributed by atoms with van der Waals surface area (Å²) in [6.07, 6.45) is 3.80. The Morgan fingerprint density at radius 1 is 1.15 bits per heavy atom. The smallest absolute Gasteiger partial charge is 0.339 e. The van der Waals surface area contributed by atoms with E-state index in [-0.39, 0.29) is 16.2 Å². The molecule has 1 N–H and O–H groups in total. The summed E-state index contributed by atoms with van der Waals surface area (Å²) in [7, 11) is -3.65. The molecule has 0 bridgehead atoms.